The Hall–Kier alpha value is -2.02. The fraction of sp³-hybridized carbons (Fsp3) is 0.533. The normalized spacial score (nSPS) is 21.2. The topological polar surface area (TPSA) is 83.4 Å². The predicted octanol–water partition coefficient (Wildman–Crippen LogP) is 2.28. The minimum Gasteiger partial charge on any atom is -0.371 e. The van der Waals surface area contributed by atoms with Gasteiger partial charge >= 0.3 is 0 Å². The van der Waals surface area contributed by atoms with Crippen molar-refractivity contribution in [1.29, 1.82) is 0 Å². The zero-order valence-corrected chi connectivity index (χ0v) is 14.0. The van der Waals surface area contributed by atoms with Gasteiger partial charge < -0.3 is 16.0 Å². The Labute approximate surface area is 139 Å². The lowest BCUT2D eigenvalue weighted by Crippen LogP contribution is -2.39. The molecule has 0 unspecified atom stereocenters. The van der Waals surface area contributed by atoms with Gasteiger partial charge in [-0.3, -0.25) is 4.79 Å². The largest absolute Gasteiger partial charge is 0.371 e. The van der Waals surface area contributed by atoms with Crippen LogP contribution >= 0.6 is 11.6 Å². The second kappa shape index (κ2) is 6.62. The van der Waals surface area contributed by atoms with Crippen molar-refractivity contribution in [2.45, 2.75) is 44.7 Å². The number of carbonyl (C=O) groups excluding carboxylic acids is 1. The average molecular weight is 337 g/mol. The number of hydrogen-bond acceptors (Lipinski definition) is 5. The van der Waals surface area contributed by atoms with Crippen LogP contribution in [-0.4, -0.2) is 39.6 Å². The molecular weight excluding hydrogens is 316 g/mol. The molecule has 1 saturated carbocycles. The van der Waals surface area contributed by atoms with E-state index in [9.17, 15) is 4.79 Å². The Morgan fingerprint density at radius 1 is 1.30 bits per heavy atom. The molecule has 3 N–H and O–H groups in total. The molecule has 0 atom stereocenters. The van der Waals surface area contributed by atoms with Gasteiger partial charge in [-0.1, -0.05) is 11.6 Å². The number of nitrogens with one attached hydrogen (secondary N) is 3. The average Bonchev–Trinajstić information content (AvgIpc) is 2.89. The Morgan fingerprint density at radius 2 is 2.00 bits per heavy atom. The van der Waals surface area contributed by atoms with Crippen LogP contribution < -0.4 is 16.0 Å². The van der Waals surface area contributed by atoms with E-state index in [1.807, 2.05) is 13.2 Å². The van der Waals surface area contributed by atoms with E-state index >= 15 is 0 Å². The number of anilines is 2. The smallest absolute Gasteiger partial charge is 0.243 e. The van der Waals surface area contributed by atoms with Gasteiger partial charge in [0.1, 0.15) is 5.52 Å². The molecule has 0 bridgehead atoms. The quantitative estimate of drug-likeness (QED) is 0.797. The first-order valence-corrected chi connectivity index (χ1v) is 8.21. The number of carbonyl (C=O) groups is 1. The van der Waals surface area contributed by atoms with E-state index in [1.165, 1.54) is 0 Å². The molecule has 3 rings (SSSR count). The zero-order valence-electron chi connectivity index (χ0n) is 13.3. The highest BCUT2D eigenvalue weighted by Crippen LogP contribution is 2.26. The van der Waals surface area contributed by atoms with Gasteiger partial charge in [0.05, 0.1) is 5.02 Å². The summed E-state index contributed by atoms with van der Waals surface area (Å²) in [6.07, 6.45) is 5.71. The summed E-state index contributed by atoms with van der Waals surface area (Å²) < 4.78 is 1.73. The summed E-state index contributed by atoms with van der Waals surface area (Å²) >= 11 is 6.16. The molecule has 0 aliphatic heterocycles. The highest BCUT2D eigenvalue weighted by molar-refractivity contribution is 6.34. The van der Waals surface area contributed by atoms with Gasteiger partial charge in [0.15, 0.2) is 5.82 Å². The number of halogens is 1. The van der Waals surface area contributed by atoms with E-state index < -0.39 is 0 Å². The van der Waals surface area contributed by atoms with E-state index in [-0.39, 0.29) is 11.9 Å². The third-order valence-corrected chi connectivity index (χ3v) is 4.47. The zero-order chi connectivity index (χ0) is 16.4. The van der Waals surface area contributed by atoms with Crippen LogP contribution in [0.4, 0.5) is 11.8 Å². The van der Waals surface area contributed by atoms with E-state index in [4.69, 9.17) is 11.6 Å². The molecule has 2 aromatic heterocycles. The van der Waals surface area contributed by atoms with Crippen molar-refractivity contribution in [1.82, 2.24) is 19.9 Å². The van der Waals surface area contributed by atoms with Gasteiger partial charge in [0.25, 0.3) is 0 Å². The van der Waals surface area contributed by atoms with Crippen molar-refractivity contribution < 1.29 is 4.79 Å². The Balaban J connectivity index is 1.69. The summed E-state index contributed by atoms with van der Waals surface area (Å²) in [6.45, 7) is 1.56. The summed E-state index contributed by atoms with van der Waals surface area (Å²) in [6, 6.07) is 2.40. The highest BCUT2D eigenvalue weighted by atomic mass is 35.5. The molecule has 8 heteroatoms. The van der Waals surface area contributed by atoms with Crippen LogP contribution in [-0.2, 0) is 4.79 Å². The SMILES string of the molecule is CNc1nc(NC2CCC(NC(C)=O)CC2)nn2ccc(Cl)c12. The highest BCUT2D eigenvalue weighted by Gasteiger charge is 2.22. The molecular formula is C15H21ClN6O. The Bertz CT molecular complexity index is 707. The van der Waals surface area contributed by atoms with Crippen molar-refractivity contribution >= 4 is 34.8 Å². The van der Waals surface area contributed by atoms with Crippen LogP contribution in [0.5, 0.6) is 0 Å². The van der Waals surface area contributed by atoms with Crippen molar-refractivity contribution in [2.75, 3.05) is 17.7 Å². The third-order valence-electron chi connectivity index (χ3n) is 4.17. The summed E-state index contributed by atoms with van der Waals surface area (Å²) in [7, 11) is 1.81. The number of fused-ring (bicyclic) bond motifs is 1. The lowest BCUT2D eigenvalue weighted by atomic mass is 9.91. The number of rotatable bonds is 4. The molecule has 1 aliphatic rings. The minimum absolute atomic E-state index is 0.0401. The number of aromatic nitrogens is 3. The molecule has 23 heavy (non-hydrogen) atoms. The van der Waals surface area contributed by atoms with Crippen molar-refractivity contribution in [2.24, 2.45) is 0 Å². The number of amides is 1. The van der Waals surface area contributed by atoms with Crippen LogP contribution in [0.25, 0.3) is 5.52 Å². The van der Waals surface area contributed by atoms with E-state index in [0.717, 1.165) is 31.2 Å². The monoisotopic (exact) mass is 336 g/mol. The molecule has 2 aromatic rings. The number of hydrogen-bond donors (Lipinski definition) is 3. The minimum atomic E-state index is 0.0401. The number of nitrogens with zero attached hydrogens (tertiary/aromatic N) is 3. The van der Waals surface area contributed by atoms with Crippen LogP contribution in [0.3, 0.4) is 0 Å². The van der Waals surface area contributed by atoms with Gasteiger partial charge in [-0.25, -0.2) is 4.52 Å². The maximum absolute atomic E-state index is 11.1. The van der Waals surface area contributed by atoms with Crippen LogP contribution in [0.15, 0.2) is 12.3 Å². The second-order valence-electron chi connectivity index (χ2n) is 5.88. The van der Waals surface area contributed by atoms with Gasteiger partial charge in [0.2, 0.25) is 11.9 Å². The summed E-state index contributed by atoms with van der Waals surface area (Å²) in [5.74, 6) is 1.32. The lowest BCUT2D eigenvalue weighted by Gasteiger charge is -2.29. The van der Waals surface area contributed by atoms with Crippen LogP contribution in [0.2, 0.25) is 5.02 Å². The molecule has 0 saturated heterocycles. The molecule has 7 nitrogen and oxygen atoms in total. The van der Waals surface area contributed by atoms with Gasteiger partial charge in [0, 0.05) is 32.3 Å². The van der Waals surface area contributed by atoms with Gasteiger partial charge in [-0.2, -0.15) is 4.98 Å². The predicted molar refractivity (Wildman–Crippen MR) is 91.0 cm³/mol. The molecule has 0 spiro atoms. The molecule has 0 aromatic carbocycles. The van der Waals surface area contributed by atoms with Crippen molar-refractivity contribution in [3.05, 3.63) is 17.3 Å². The molecule has 1 aliphatic carbocycles. The second-order valence-corrected chi connectivity index (χ2v) is 6.29. The summed E-state index contributed by atoms with van der Waals surface area (Å²) in [4.78, 5) is 15.6. The molecule has 1 fully saturated rings. The van der Waals surface area contributed by atoms with Gasteiger partial charge in [-0.15, -0.1) is 5.10 Å². The molecule has 124 valence electrons. The first-order valence-electron chi connectivity index (χ1n) is 7.83. The van der Waals surface area contributed by atoms with E-state index in [0.29, 0.717) is 22.8 Å². The maximum Gasteiger partial charge on any atom is 0.243 e. The van der Waals surface area contributed by atoms with E-state index in [1.54, 1.807) is 17.5 Å². The lowest BCUT2D eigenvalue weighted by molar-refractivity contribution is -0.119. The molecule has 1 amide bonds. The summed E-state index contributed by atoms with van der Waals surface area (Å²) in [5.41, 5.74) is 0.772. The standard InChI is InChI=1S/C15H21ClN6O/c1-9(23)18-10-3-5-11(6-4-10)19-15-20-14(17-2)13-12(16)7-8-22(13)21-15/h7-8,10-11H,3-6H2,1-2H3,(H,18,23)(H2,17,19,20,21). The fourth-order valence-electron chi connectivity index (χ4n) is 3.07. The van der Waals surface area contributed by atoms with E-state index in [2.05, 4.69) is 26.0 Å². The van der Waals surface area contributed by atoms with Gasteiger partial charge in [-0.05, 0) is 31.7 Å². The van der Waals surface area contributed by atoms with Crippen molar-refractivity contribution in [3.8, 4) is 0 Å². The first kappa shape index (κ1) is 15.9. The van der Waals surface area contributed by atoms with Crippen LogP contribution in [0.1, 0.15) is 32.6 Å². The van der Waals surface area contributed by atoms with Crippen LogP contribution in [0, 0.1) is 0 Å². The Kier molecular flexibility index (Phi) is 4.56. The first-order chi connectivity index (χ1) is 11.1. The van der Waals surface area contributed by atoms with Crippen molar-refractivity contribution in [3.63, 3.8) is 0 Å². The maximum atomic E-state index is 11.1. The molecule has 0 radical (unpaired) electrons. The Morgan fingerprint density at radius 3 is 2.65 bits per heavy atom. The molecule has 2 heterocycles. The summed E-state index contributed by atoms with van der Waals surface area (Å²) in [5, 5.41) is 14.5. The third kappa shape index (κ3) is 3.50. The fourth-order valence-corrected chi connectivity index (χ4v) is 3.31.